The third kappa shape index (κ3) is 7.02. The van der Waals surface area contributed by atoms with Gasteiger partial charge in [-0.3, -0.25) is 4.79 Å². The second-order valence-electron chi connectivity index (χ2n) is 1.20. The smallest absolute Gasteiger partial charge is 0.275 e. The summed E-state index contributed by atoms with van der Waals surface area (Å²) < 4.78 is 33.4. The summed E-state index contributed by atoms with van der Waals surface area (Å²) in [5.74, 6) is 3.11. The highest BCUT2D eigenvalue weighted by Crippen LogP contribution is 2.17. The van der Waals surface area contributed by atoms with Crippen LogP contribution in [-0.2, 0) is 4.79 Å². The van der Waals surface area contributed by atoms with E-state index in [4.69, 9.17) is 0 Å². The van der Waals surface area contributed by atoms with Crippen LogP contribution in [0.25, 0.3) is 0 Å². The highest BCUT2D eigenvalue weighted by Gasteiger charge is 2.24. The molecule has 1 nitrogen and oxygen atoms in total. The molecular formula is C5H2F3O. The fraction of sp³-hybridized carbons (Fsp3) is 0.400. The van der Waals surface area contributed by atoms with Crippen molar-refractivity contribution in [2.24, 2.45) is 0 Å². The Balaban J connectivity index is 3.62. The van der Waals surface area contributed by atoms with E-state index in [0.29, 0.717) is 0 Å². The lowest BCUT2D eigenvalue weighted by molar-refractivity contribution is -0.123. The second kappa shape index (κ2) is 3.13. The van der Waals surface area contributed by atoms with Crippen molar-refractivity contribution in [3.8, 4) is 11.8 Å². The fourth-order valence-corrected chi connectivity index (χ4v) is 0.181. The van der Waals surface area contributed by atoms with Gasteiger partial charge >= 0.3 is 6.18 Å². The van der Waals surface area contributed by atoms with Gasteiger partial charge in [-0.2, -0.15) is 13.2 Å². The van der Waals surface area contributed by atoms with Gasteiger partial charge in [-0.05, 0) is 5.92 Å². The van der Waals surface area contributed by atoms with E-state index in [1.54, 1.807) is 5.92 Å². The molecule has 0 unspecified atom stereocenters. The zero-order valence-electron chi connectivity index (χ0n) is 4.25. The van der Waals surface area contributed by atoms with E-state index in [9.17, 15) is 18.0 Å². The van der Waals surface area contributed by atoms with Crippen LogP contribution >= 0.6 is 0 Å². The van der Waals surface area contributed by atoms with Crippen molar-refractivity contribution in [1.29, 1.82) is 0 Å². The van der Waals surface area contributed by atoms with E-state index in [0.717, 1.165) is 6.29 Å². The summed E-state index contributed by atoms with van der Waals surface area (Å²) in [7, 11) is 0. The Bertz CT molecular complexity index is 148. The van der Waals surface area contributed by atoms with E-state index < -0.39 is 12.6 Å². The molecule has 9 heavy (non-hydrogen) atoms. The molecular weight excluding hydrogens is 133 g/mol. The van der Waals surface area contributed by atoms with Gasteiger partial charge in [-0.25, -0.2) is 0 Å². The lowest BCUT2D eigenvalue weighted by atomic mass is 10.4. The monoisotopic (exact) mass is 135 g/mol. The van der Waals surface area contributed by atoms with E-state index in [1.165, 1.54) is 5.92 Å². The molecule has 0 fully saturated rings. The Morgan fingerprint density at radius 3 is 2.22 bits per heavy atom. The lowest BCUT2D eigenvalue weighted by Crippen LogP contribution is -2.04. The first-order valence-electron chi connectivity index (χ1n) is 1.98. The topological polar surface area (TPSA) is 17.1 Å². The SMILES string of the molecule is O=[C]C#CCC(F)(F)F. The van der Waals surface area contributed by atoms with Gasteiger partial charge in [0.25, 0.3) is 6.29 Å². The quantitative estimate of drug-likeness (QED) is 0.454. The van der Waals surface area contributed by atoms with Crippen molar-refractivity contribution in [3.63, 3.8) is 0 Å². The summed E-state index contributed by atoms with van der Waals surface area (Å²) in [6.45, 7) is 0. The highest BCUT2D eigenvalue weighted by molar-refractivity contribution is 5.73. The molecule has 0 aliphatic heterocycles. The van der Waals surface area contributed by atoms with Gasteiger partial charge in [0.05, 0.1) is 0 Å². The van der Waals surface area contributed by atoms with Crippen LogP contribution in [0.2, 0.25) is 0 Å². The standard InChI is InChI=1S/C5H2F3O/c6-5(7,8)3-1-2-4-9/h3H2. The maximum Gasteiger partial charge on any atom is 0.399 e. The summed E-state index contributed by atoms with van der Waals surface area (Å²) >= 11 is 0. The molecule has 0 rings (SSSR count). The summed E-state index contributed by atoms with van der Waals surface area (Å²) in [6, 6.07) is 0. The van der Waals surface area contributed by atoms with E-state index in [1.807, 2.05) is 0 Å². The Hall–Kier alpha value is -0.980. The van der Waals surface area contributed by atoms with Crippen LogP contribution in [0.4, 0.5) is 13.2 Å². The van der Waals surface area contributed by atoms with Crippen LogP contribution in [0, 0.1) is 11.8 Å². The predicted octanol–water partition coefficient (Wildman–Crippen LogP) is 1.05. The first kappa shape index (κ1) is 8.02. The Kier molecular flexibility index (Phi) is 2.79. The Morgan fingerprint density at radius 1 is 1.33 bits per heavy atom. The number of halogens is 3. The molecule has 0 bridgehead atoms. The minimum Gasteiger partial charge on any atom is -0.275 e. The Labute approximate surface area is 49.9 Å². The minimum atomic E-state index is -4.30. The number of carbonyl (C=O) groups excluding carboxylic acids is 1. The zero-order valence-corrected chi connectivity index (χ0v) is 4.25. The molecule has 0 N–H and O–H groups in total. The van der Waals surface area contributed by atoms with Crippen LogP contribution in [0.1, 0.15) is 6.42 Å². The maximum absolute atomic E-state index is 11.1. The molecule has 0 aromatic heterocycles. The number of rotatable bonds is 0. The number of hydrogen-bond acceptors (Lipinski definition) is 1. The normalized spacial score (nSPS) is 9.67. The van der Waals surface area contributed by atoms with Crippen LogP contribution in [0.5, 0.6) is 0 Å². The molecule has 0 aliphatic rings. The van der Waals surface area contributed by atoms with Crippen molar-refractivity contribution in [2.45, 2.75) is 12.6 Å². The molecule has 1 radical (unpaired) electrons. The van der Waals surface area contributed by atoms with Crippen LogP contribution < -0.4 is 0 Å². The number of hydrogen-bond donors (Lipinski definition) is 0. The summed E-state index contributed by atoms with van der Waals surface area (Å²) in [5.41, 5.74) is 0. The predicted molar refractivity (Wildman–Crippen MR) is 24.1 cm³/mol. The first-order valence-corrected chi connectivity index (χ1v) is 1.98. The highest BCUT2D eigenvalue weighted by atomic mass is 19.4. The fourth-order valence-electron chi connectivity index (χ4n) is 0.181. The summed E-state index contributed by atoms with van der Waals surface area (Å²) in [5, 5.41) is 0. The Morgan fingerprint density at radius 2 is 1.89 bits per heavy atom. The van der Waals surface area contributed by atoms with Gasteiger partial charge in [0.15, 0.2) is 0 Å². The molecule has 4 heteroatoms. The molecule has 0 spiro atoms. The molecule has 0 saturated heterocycles. The second-order valence-corrected chi connectivity index (χ2v) is 1.20. The summed E-state index contributed by atoms with van der Waals surface area (Å²) in [6.07, 6.45) is -4.52. The molecule has 49 valence electrons. The van der Waals surface area contributed by atoms with E-state index in [2.05, 4.69) is 0 Å². The molecule has 0 aromatic carbocycles. The van der Waals surface area contributed by atoms with Crippen molar-refractivity contribution in [1.82, 2.24) is 0 Å². The average molecular weight is 135 g/mol. The van der Waals surface area contributed by atoms with Gasteiger partial charge in [-0.15, -0.1) is 0 Å². The van der Waals surface area contributed by atoms with Crippen LogP contribution in [-0.4, -0.2) is 12.5 Å². The van der Waals surface area contributed by atoms with Crippen molar-refractivity contribution < 1.29 is 18.0 Å². The third-order valence-corrected chi connectivity index (χ3v) is 0.428. The summed E-state index contributed by atoms with van der Waals surface area (Å²) in [4.78, 5) is 9.22. The zero-order chi connectivity index (χ0) is 7.33. The van der Waals surface area contributed by atoms with Gasteiger partial charge in [0, 0.05) is 0 Å². The van der Waals surface area contributed by atoms with E-state index in [-0.39, 0.29) is 0 Å². The first-order chi connectivity index (χ1) is 4.06. The molecule has 0 saturated carbocycles. The van der Waals surface area contributed by atoms with Gasteiger partial charge in [0.1, 0.15) is 6.42 Å². The van der Waals surface area contributed by atoms with Crippen LogP contribution in [0.3, 0.4) is 0 Å². The van der Waals surface area contributed by atoms with Crippen LogP contribution in [0.15, 0.2) is 0 Å². The van der Waals surface area contributed by atoms with Crippen molar-refractivity contribution in [2.75, 3.05) is 0 Å². The molecule has 0 heterocycles. The third-order valence-electron chi connectivity index (χ3n) is 0.428. The van der Waals surface area contributed by atoms with Gasteiger partial charge < -0.3 is 0 Å². The largest absolute Gasteiger partial charge is 0.399 e. The van der Waals surface area contributed by atoms with Gasteiger partial charge in [-0.1, -0.05) is 5.92 Å². The molecule has 0 atom stereocenters. The maximum atomic E-state index is 11.1. The molecule has 0 aliphatic carbocycles. The lowest BCUT2D eigenvalue weighted by Gasteiger charge is -1.96. The van der Waals surface area contributed by atoms with Crippen molar-refractivity contribution >= 4 is 6.29 Å². The van der Waals surface area contributed by atoms with Crippen molar-refractivity contribution in [3.05, 3.63) is 0 Å². The van der Waals surface area contributed by atoms with E-state index >= 15 is 0 Å². The minimum absolute atomic E-state index is 1.03. The molecule has 0 aromatic rings. The molecule has 0 amide bonds. The number of alkyl halides is 3. The van der Waals surface area contributed by atoms with Gasteiger partial charge in [0.2, 0.25) is 0 Å². The average Bonchev–Trinajstić information content (AvgIpc) is 1.63.